The van der Waals surface area contributed by atoms with Gasteiger partial charge in [-0.1, -0.05) is 18.2 Å². The quantitative estimate of drug-likeness (QED) is 0.475. The minimum absolute atomic E-state index is 0.0807. The molecule has 1 amide bonds. The summed E-state index contributed by atoms with van der Waals surface area (Å²) < 4.78 is 39.3. The van der Waals surface area contributed by atoms with Crippen LogP contribution < -0.4 is 19.5 Å². The number of amides is 1. The maximum absolute atomic E-state index is 13.1. The molecule has 0 radical (unpaired) electrons. The highest BCUT2D eigenvalue weighted by Gasteiger charge is 2.21. The van der Waals surface area contributed by atoms with Crippen molar-refractivity contribution >= 4 is 27.3 Å². The van der Waals surface area contributed by atoms with Crippen LogP contribution in [0.5, 0.6) is 11.5 Å². The van der Waals surface area contributed by atoms with E-state index in [2.05, 4.69) is 10.0 Å². The fourth-order valence-electron chi connectivity index (χ4n) is 3.26. The molecule has 0 aliphatic rings. The summed E-state index contributed by atoms with van der Waals surface area (Å²) in [5.41, 5.74) is 3.89. The molecule has 0 heterocycles. The SMILES string of the molecule is CCOc1ccc(NS(=O)(=O)c2cc(NC(=O)Cc3ccc(C)c(C)c3)ccc2OC)cc1. The number of benzene rings is 3. The van der Waals surface area contributed by atoms with Crippen molar-refractivity contribution in [2.24, 2.45) is 0 Å². The van der Waals surface area contributed by atoms with Gasteiger partial charge in [0.05, 0.1) is 20.1 Å². The first-order chi connectivity index (χ1) is 15.7. The van der Waals surface area contributed by atoms with Gasteiger partial charge in [-0.15, -0.1) is 0 Å². The van der Waals surface area contributed by atoms with Crippen molar-refractivity contribution in [2.75, 3.05) is 23.8 Å². The number of carbonyl (C=O) groups excluding carboxylic acids is 1. The van der Waals surface area contributed by atoms with Gasteiger partial charge in [-0.2, -0.15) is 0 Å². The van der Waals surface area contributed by atoms with Crippen molar-refractivity contribution in [1.82, 2.24) is 0 Å². The van der Waals surface area contributed by atoms with Crippen LogP contribution in [-0.2, 0) is 21.2 Å². The zero-order valence-corrected chi connectivity index (χ0v) is 20.0. The van der Waals surface area contributed by atoms with Gasteiger partial charge < -0.3 is 14.8 Å². The molecule has 0 bridgehead atoms. The average Bonchev–Trinajstić information content (AvgIpc) is 2.77. The molecule has 0 atom stereocenters. The summed E-state index contributed by atoms with van der Waals surface area (Å²) in [6.45, 7) is 6.40. The molecular formula is C25H28N2O5S. The predicted molar refractivity (Wildman–Crippen MR) is 130 cm³/mol. The summed E-state index contributed by atoms with van der Waals surface area (Å²) in [5.74, 6) is 0.568. The van der Waals surface area contributed by atoms with E-state index in [1.807, 2.05) is 39.0 Å². The highest BCUT2D eigenvalue weighted by molar-refractivity contribution is 7.92. The van der Waals surface area contributed by atoms with E-state index < -0.39 is 10.0 Å². The Morgan fingerprint density at radius 3 is 2.24 bits per heavy atom. The molecule has 0 spiro atoms. The van der Waals surface area contributed by atoms with Gasteiger partial charge >= 0.3 is 0 Å². The molecule has 33 heavy (non-hydrogen) atoms. The number of nitrogens with one attached hydrogen (secondary N) is 2. The van der Waals surface area contributed by atoms with E-state index in [-0.39, 0.29) is 23.0 Å². The molecule has 0 aliphatic heterocycles. The lowest BCUT2D eigenvalue weighted by Gasteiger charge is -2.14. The minimum atomic E-state index is -3.98. The highest BCUT2D eigenvalue weighted by atomic mass is 32.2. The topological polar surface area (TPSA) is 93.7 Å². The van der Waals surface area contributed by atoms with Gasteiger partial charge in [-0.25, -0.2) is 8.42 Å². The number of carbonyl (C=O) groups is 1. The summed E-state index contributed by atoms with van der Waals surface area (Å²) in [7, 11) is -2.58. The molecule has 3 aromatic rings. The number of methoxy groups -OCH3 is 1. The third kappa shape index (κ3) is 6.26. The summed E-state index contributed by atoms with van der Waals surface area (Å²) in [4.78, 5) is 12.5. The van der Waals surface area contributed by atoms with Crippen LogP contribution in [0.4, 0.5) is 11.4 Å². The molecule has 0 aromatic heterocycles. The molecule has 0 saturated carbocycles. The average molecular weight is 469 g/mol. The zero-order valence-electron chi connectivity index (χ0n) is 19.1. The van der Waals surface area contributed by atoms with E-state index in [4.69, 9.17) is 9.47 Å². The van der Waals surface area contributed by atoms with E-state index in [9.17, 15) is 13.2 Å². The minimum Gasteiger partial charge on any atom is -0.495 e. The van der Waals surface area contributed by atoms with Crippen LogP contribution in [0.15, 0.2) is 65.6 Å². The third-order valence-corrected chi connectivity index (χ3v) is 6.49. The van der Waals surface area contributed by atoms with E-state index in [0.29, 0.717) is 23.7 Å². The number of hydrogen-bond acceptors (Lipinski definition) is 5. The second-order valence-electron chi connectivity index (χ2n) is 7.57. The van der Waals surface area contributed by atoms with Crippen LogP contribution in [0.1, 0.15) is 23.6 Å². The monoisotopic (exact) mass is 468 g/mol. The van der Waals surface area contributed by atoms with Gasteiger partial charge in [0, 0.05) is 11.4 Å². The third-order valence-electron chi connectivity index (χ3n) is 5.09. The van der Waals surface area contributed by atoms with Crippen molar-refractivity contribution in [3.63, 3.8) is 0 Å². The Kier molecular flexibility index (Phi) is 7.60. The first kappa shape index (κ1) is 24.1. The summed E-state index contributed by atoms with van der Waals surface area (Å²) in [5, 5.41) is 2.77. The Labute approximate surface area is 194 Å². The van der Waals surface area contributed by atoms with Crippen LogP contribution in [0.3, 0.4) is 0 Å². The smallest absolute Gasteiger partial charge is 0.265 e. The maximum atomic E-state index is 13.1. The molecule has 0 aliphatic carbocycles. The fraction of sp³-hybridized carbons (Fsp3) is 0.240. The first-order valence-electron chi connectivity index (χ1n) is 10.5. The Morgan fingerprint density at radius 1 is 0.909 bits per heavy atom. The largest absolute Gasteiger partial charge is 0.495 e. The Hall–Kier alpha value is -3.52. The number of sulfonamides is 1. The van der Waals surface area contributed by atoms with Gasteiger partial charge in [0.25, 0.3) is 10.0 Å². The van der Waals surface area contributed by atoms with Crippen LogP contribution in [0.2, 0.25) is 0 Å². The summed E-state index contributed by atoms with van der Waals surface area (Å²) >= 11 is 0. The van der Waals surface area contributed by atoms with E-state index in [1.165, 1.54) is 19.2 Å². The van der Waals surface area contributed by atoms with Crippen LogP contribution in [0, 0.1) is 13.8 Å². The Balaban J connectivity index is 1.78. The maximum Gasteiger partial charge on any atom is 0.265 e. The first-order valence-corrected chi connectivity index (χ1v) is 12.0. The number of ether oxygens (including phenoxy) is 2. The van der Waals surface area contributed by atoms with Gasteiger partial charge in [-0.3, -0.25) is 9.52 Å². The molecule has 7 nitrogen and oxygen atoms in total. The molecule has 8 heteroatoms. The standard InChI is InChI=1S/C25H28N2O5S/c1-5-32-22-11-8-20(9-12-22)27-33(29,30)24-16-21(10-13-23(24)31-4)26-25(28)15-19-7-6-17(2)18(3)14-19/h6-14,16,27H,5,15H2,1-4H3,(H,26,28). The lowest BCUT2D eigenvalue weighted by Crippen LogP contribution is -2.17. The predicted octanol–water partition coefficient (Wildman–Crippen LogP) is 4.69. The summed E-state index contributed by atoms with van der Waals surface area (Å²) in [6, 6.07) is 17.0. The molecule has 3 aromatic carbocycles. The van der Waals surface area contributed by atoms with Crippen molar-refractivity contribution in [2.45, 2.75) is 32.1 Å². The normalized spacial score (nSPS) is 11.0. The molecule has 2 N–H and O–H groups in total. The molecule has 174 valence electrons. The molecule has 0 saturated heterocycles. The zero-order chi connectivity index (χ0) is 24.0. The van der Waals surface area contributed by atoms with Crippen molar-refractivity contribution < 1.29 is 22.7 Å². The van der Waals surface area contributed by atoms with Gasteiger partial charge in [0.2, 0.25) is 5.91 Å². The molecule has 0 unspecified atom stereocenters. The molecular weight excluding hydrogens is 440 g/mol. The molecule has 0 fully saturated rings. The lowest BCUT2D eigenvalue weighted by molar-refractivity contribution is -0.115. The van der Waals surface area contributed by atoms with E-state index in [0.717, 1.165) is 16.7 Å². The summed E-state index contributed by atoms with van der Waals surface area (Å²) in [6.07, 6.45) is 0.180. The van der Waals surface area contributed by atoms with Gasteiger partial charge in [0.15, 0.2) is 0 Å². The van der Waals surface area contributed by atoms with Crippen LogP contribution in [-0.4, -0.2) is 28.0 Å². The van der Waals surface area contributed by atoms with Gasteiger partial charge in [0.1, 0.15) is 16.4 Å². The van der Waals surface area contributed by atoms with Gasteiger partial charge in [-0.05, 0) is 79.9 Å². The number of aryl methyl sites for hydroxylation is 2. The Morgan fingerprint density at radius 2 is 1.61 bits per heavy atom. The van der Waals surface area contributed by atoms with Crippen molar-refractivity contribution in [3.05, 3.63) is 77.4 Å². The fourth-order valence-corrected chi connectivity index (χ4v) is 4.52. The molecule has 3 rings (SSSR count). The lowest BCUT2D eigenvalue weighted by atomic mass is 10.0. The highest BCUT2D eigenvalue weighted by Crippen LogP contribution is 2.29. The van der Waals surface area contributed by atoms with Crippen LogP contribution in [0.25, 0.3) is 0 Å². The Bertz CT molecular complexity index is 1240. The van der Waals surface area contributed by atoms with Crippen molar-refractivity contribution in [1.29, 1.82) is 0 Å². The number of anilines is 2. The number of hydrogen-bond donors (Lipinski definition) is 2. The number of rotatable bonds is 9. The van der Waals surface area contributed by atoms with E-state index in [1.54, 1.807) is 30.3 Å². The second kappa shape index (κ2) is 10.4. The van der Waals surface area contributed by atoms with E-state index >= 15 is 0 Å². The second-order valence-corrected chi connectivity index (χ2v) is 9.22. The van der Waals surface area contributed by atoms with Crippen LogP contribution >= 0.6 is 0 Å². The van der Waals surface area contributed by atoms with Crippen molar-refractivity contribution in [3.8, 4) is 11.5 Å².